The molecular formula is C28H30F3N3. The van der Waals surface area contributed by atoms with E-state index in [2.05, 4.69) is 41.2 Å². The second kappa shape index (κ2) is 9.45. The van der Waals surface area contributed by atoms with Gasteiger partial charge < -0.3 is 15.2 Å². The Morgan fingerprint density at radius 1 is 1.12 bits per heavy atom. The molecule has 0 saturated carbocycles. The lowest BCUT2D eigenvalue weighted by Gasteiger charge is -2.30. The quantitative estimate of drug-likeness (QED) is 0.402. The molecule has 0 amide bonds. The van der Waals surface area contributed by atoms with Gasteiger partial charge in [-0.25, -0.2) is 0 Å². The Morgan fingerprint density at radius 2 is 1.85 bits per heavy atom. The molecule has 1 aliphatic heterocycles. The smallest absolute Gasteiger partial charge is 0.402 e. The standard InChI is InChI=1S/C28H30F3N3/c1-4-21(7-6-20(3)32)13-16-34-26-12-5-19(2)17-24(26)25-18-33(15-14-27(25)34)23-10-8-22(9-11-23)28(29,30)31/h4-12,17H,1,13-16,18,32H2,2-3H3/b20-6-,21-7+. The Labute approximate surface area is 198 Å². The van der Waals surface area contributed by atoms with Gasteiger partial charge in [0.1, 0.15) is 0 Å². The average molecular weight is 466 g/mol. The number of benzene rings is 2. The number of aromatic nitrogens is 1. The third kappa shape index (κ3) is 4.91. The molecule has 0 aliphatic carbocycles. The number of anilines is 1. The molecule has 0 saturated heterocycles. The molecule has 0 bridgehead atoms. The number of hydrogen-bond acceptors (Lipinski definition) is 2. The van der Waals surface area contributed by atoms with Crippen molar-refractivity contribution in [2.24, 2.45) is 5.73 Å². The first kappa shape index (κ1) is 23.7. The fourth-order valence-corrected chi connectivity index (χ4v) is 4.63. The van der Waals surface area contributed by atoms with Crippen molar-refractivity contribution in [3.63, 3.8) is 0 Å². The van der Waals surface area contributed by atoms with Crippen LogP contribution in [0, 0.1) is 6.92 Å². The van der Waals surface area contributed by atoms with E-state index in [1.54, 1.807) is 12.1 Å². The largest absolute Gasteiger partial charge is 0.416 e. The van der Waals surface area contributed by atoms with Gasteiger partial charge in [-0.3, -0.25) is 0 Å². The van der Waals surface area contributed by atoms with Gasteiger partial charge in [0.15, 0.2) is 0 Å². The third-order valence-corrected chi connectivity index (χ3v) is 6.42. The number of aryl methyl sites for hydroxylation is 2. The van der Waals surface area contributed by atoms with Crippen LogP contribution in [0.25, 0.3) is 10.9 Å². The highest BCUT2D eigenvalue weighted by atomic mass is 19.4. The van der Waals surface area contributed by atoms with Crippen molar-refractivity contribution >= 4 is 16.6 Å². The molecule has 2 aromatic carbocycles. The summed E-state index contributed by atoms with van der Waals surface area (Å²) >= 11 is 0. The Hall–Kier alpha value is -3.41. The topological polar surface area (TPSA) is 34.2 Å². The van der Waals surface area contributed by atoms with Gasteiger partial charge in [-0.2, -0.15) is 13.2 Å². The minimum absolute atomic E-state index is 0.619. The van der Waals surface area contributed by atoms with E-state index in [0.717, 1.165) is 42.9 Å². The number of allylic oxidation sites excluding steroid dienone is 5. The van der Waals surface area contributed by atoms with Crippen molar-refractivity contribution in [2.75, 3.05) is 11.4 Å². The van der Waals surface area contributed by atoms with Crippen molar-refractivity contribution < 1.29 is 13.2 Å². The molecule has 4 rings (SSSR count). The molecule has 3 nitrogen and oxygen atoms in total. The highest BCUT2D eigenvalue weighted by molar-refractivity contribution is 5.87. The van der Waals surface area contributed by atoms with Gasteiger partial charge in [0, 0.05) is 59.6 Å². The fraction of sp³-hybridized carbons (Fsp3) is 0.286. The van der Waals surface area contributed by atoms with Crippen LogP contribution < -0.4 is 10.6 Å². The van der Waals surface area contributed by atoms with Crippen LogP contribution in [0.1, 0.15) is 35.7 Å². The molecule has 1 aromatic heterocycles. The monoisotopic (exact) mass is 465 g/mol. The van der Waals surface area contributed by atoms with Crippen LogP contribution in [0.3, 0.4) is 0 Å². The van der Waals surface area contributed by atoms with E-state index < -0.39 is 11.7 Å². The maximum Gasteiger partial charge on any atom is 0.416 e. The first-order chi connectivity index (χ1) is 16.2. The summed E-state index contributed by atoms with van der Waals surface area (Å²) in [5.41, 5.74) is 12.8. The normalized spacial score (nSPS) is 15.0. The van der Waals surface area contributed by atoms with Crippen LogP contribution in [0.2, 0.25) is 0 Å². The summed E-state index contributed by atoms with van der Waals surface area (Å²) in [6.45, 7) is 10.1. The van der Waals surface area contributed by atoms with Gasteiger partial charge in [-0.05, 0) is 68.3 Å². The van der Waals surface area contributed by atoms with E-state index in [1.165, 1.54) is 39.9 Å². The molecule has 1 aliphatic rings. The predicted molar refractivity (Wildman–Crippen MR) is 134 cm³/mol. The zero-order chi connectivity index (χ0) is 24.5. The van der Waals surface area contributed by atoms with E-state index in [-0.39, 0.29) is 0 Å². The molecule has 34 heavy (non-hydrogen) atoms. The molecule has 0 atom stereocenters. The summed E-state index contributed by atoms with van der Waals surface area (Å²) in [4.78, 5) is 2.17. The summed E-state index contributed by atoms with van der Waals surface area (Å²) in [6, 6.07) is 12.0. The first-order valence-electron chi connectivity index (χ1n) is 11.5. The number of halogens is 3. The number of nitrogens with zero attached hydrogens (tertiary/aromatic N) is 2. The maximum absolute atomic E-state index is 13.0. The zero-order valence-corrected chi connectivity index (χ0v) is 19.6. The second-order valence-corrected chi connectivity index (χ2v) is 8.92. The molecule has 178 valence electrons. The molecule has 0 fully saturated rings. The number of alkyl halides is 3. The van der Waals surface area contributed by atoms with E-state index >= 15 is 0 Å². The second-order valence-electron chi connectivity index (χ2n) is 8.92. The molecule has 0 radical (unpaired) electrons. The summed E-state index contributed by atoms with van der Waals surface area (Å²) in [5.74, 6) is 0. The summed E-state index contributed by atoms with van der Waals surface area (Å²) in [7, 11) is 0. The van der Waals surface area contributed by atoms with Gasteiger partial charge in [-0.15, -0.1) is 0 Å². The molecule has 2 heterocycles. The van der Waals surface area contributed by atoms with Gasteiger partial charge in [0.05, 0.1) is 5.56 Å². The lowest BCUT2D eigenvalue weighted by molar-refractivity contribution is -0.137. The maximum atomic E-state index is 13.0. The van der Waals surface area contributed by atoms with Gasteiger partial charge in [0.25, 0.3) is 0 Å². The van der Waals surface area contributed by atoms with Gasteiger partial charge >= 0.3 is 6.18 Å². The molecular weight excluding hydrogens is 435 g/mol. The number of hydrogen-bond donors (Lipinski definition) is 1. The van der Waals surface area contributed by atoms with Crippen molar-refractivity contribution in [2.45, 2.75) is 46.0 Å². The Morgan fingerprint density at radius 3 is 2.50 bits per heavy atom. The minimum atomic E-state index is -4.32. The first-order valence-corrected chi connectivity index (χ1v) is 11.5. The molecule has 0 unspecified atom stereocenters. The number of nitrogens with two attached hydrogens (primary N) is 1. The lowest BCUT2D eigenvalue weighted by atomic mass is 10.0. The number of rotatable bonds is 6. The number of fused-ring (bicyclic) bond motifs is 3. The van der Waals surface area contributed by atoms with Crippen LogP contribution in [-0.4, -0.2) is 11.1 Å². The highest BCUT2D eigenvalue weighted by Crippen LogP contribution is 2.35. The van der Waals surface area contributed by atoms with E-state index in [4.69, 9.17) is 5.73 Å². The lowest BCUT2D eigenvalue weighted by Crippen LogP contribution is -2.31. The van der Waals surface area contributed by atoms with Crippen LogP contribution in [0.15, 0.2) is 78.5 Å². The predicted octanol–water partition coefficient (Wildman–Crippen LogP) is 6.90. The molecule has 0 spiro atoms. The molecule has 3 aromatic rings. The van der Waals surface area contributed by atoms with Gasteiger partial charge in [-0.1, -0.05) is 30.4 Å². The van der Waals surface area contributed by atoms with Crippen LogP contribution >= 0.6 is 0 Å². The van der Waals surface area contributed by atoms with E-state index in [9.17, 15) is 13.2 Å². The van der Waals surface area contributed by atoms with Crippen LogP contribution in [0.4, 0.5) is 18.9 Å². The van der Waals surface area contributed by atoms with Crippen LogP contribution in [-0.2, 0) is 25.7 Å². The van der Waals surface area contributed by atoms with Crippen LogP contribution in [0.5, 0.6) is 0 Å². The van der Waals surface area contributed by atoms with E-state index in [0.29, 0.717) is 6.54 Å². The SMILES string of the molecule is C=C/C(=C\C=C(\C)N)CCn1c2c(c3cc(C)ccc31)CN(c1ccc(C(F)(F)F)cc1)CC2. The van der Waals surface area contributed by atoms with Gasteiger partial charge in [0.2, 0.25) is 0 Å². The zero-order valence-electron chi connectivity index (χ0n) is 19.6. The minimum Gasteiger partial charge on any atom is -0.402 e. The fourth-order valence-electron chi connectivity index (χ4n) is 4.63. The Bertz CT molecular complexity index is 1260. The van der Waals surface area contributed by atoms with E-state index in [1.807, 2.05) is 25.2 Å². The highest BCUT2D eigenvalue weighted by Gasteiger charge is 2.30. The summed E-state index contributed by atoms with van der Waals surface area (Å²) < 4.78 is 41.3. The third-order valence-electron chi connectivity index (χ3n) is 6.42. The Kier molecular flexibility index (Phi) is 6.60. The molecule has 6 heteroatoms. The van der Waals surface area contributed by atoms with Crippen molar-refractivity contribution in [3.05, 3.63) is 101 Å². The summed E-state index contributed by atoms with van der Waals surface area (Å²) in [6.07, 6.45) is 3.12. The Balaban J connectivity index is 1.66. The van der Waals surface area contributed by atoms with Crippen molar-refractivity contribution in [3.8, 4) is 0 Å². The van der Waals surface area contributed by atoms with Crippen molar-refractivity contribution in [1.29, 1.82) is 0 Å². The summed E-state index contributed by atoms with van der Waals surface area (Å²) in [5, 5.41) is 1.22. The molecule has 2 N–H and O–H groups in total. The van der Waals surface area contributed by atoms with Crippen molar-refractivity contribution in [1.82, 2.24) is 4.57 Å². The average Bonchev–Trinajstić information content (AvgIpc) is 3.10.